The van der Waals surface area contributed by atoms with Gasteiger partial charge >= 0.3 is 0 Å². The molecule has 0 aliphatic carbocycles. The Morgan fingerprint density at radius 2 is 1.77 bits per heavy atom. The zero-order chi connectivity index (χ0) is 22.0. The maximum absolute atomic E-state index is 12.5. The van der Waals surface area contributed by atoms with Crippen LogP contribution in [0, 0.1) is 20.8 Å². The third kappa shape index (κ3) is 4.32. The summed E-state index contributed by atoms with van der Waals surface area (Å²) in [5, 5.41) is 13.6. The second kappa shape index (κ2) is 8.89. The number of pyridine rings is 1. The molecule has 0 radical (unpaired) electrons. The summed E-state index contributed by atoms with van der Waals surface area (Å²) in [6, 6.07) is 12.1. The van der Waals surface area contributed by atoms with Crippen molar-refractivity contribution in [1.29, 1.82) is 0 Å². The van der Waals surface area contributed by atoms with Crippen LogP contribution in [0.15, 0.2) is 42.6 Å². The normalized spacial score (nSPS) is 11.2. The standard InChI is InChI=1S/C23H25ClN6O/c1-15-21-19(18-8-5-4-6-9-18)10-12-26-23(21)30(27-15)14-20(31)25-11-7-13-29-17(3)22(24)16(2)28-29/h4-6,8-10,12H,7,11,13-14H2,1-3H3,(H,25,31). The van der Waals surface area contributed by atoms with Gasteiger partial charge in [-0.3, -0.25) is 9.48 Å². The van der Waals surface area contributed by atoms with Crippen molar-refractivity contribution in [3.8, 4) is 11.1 Å². The van der Waals surface area contributed by atoms with Gasteiger partial charge in [0.2, 0.25) is 5.91 Å². The van der Waals surface area contributed by atoms with Crippen LogP contribution in [0.25, 0.3) is 22.2 Å². The summed E-state index contributed by atoms with van der Waals surface area (Å²) in [5.74, 6) is -0.0947. The van der Waals surface area contributed by atoms with E-state index in [0.717, 1.165) is 40.0 Å². The summed E-state index contributed by atoms with van der Waals surface area (Å²) >= 11 is 6.18. The monoisotopic (exact) mass is 436 g/mol. The Labute approximate surface area is 186 Å². The summed E-state index contributed by atoms with van der Waals surface area (Å²) < 4.78 is 3.55. The molecule has 0 fully saturated rings. The number of fused-ring (bicyclic) bond motifs is 1. The topological polar surface area (TPSA) is 77.6 Å². The van der Waals surface area contributed by atoms with Crippen LogP contribution >= 0.6 is 11.6 Å². The van der Waals surface area contributed by atoms with Crippen molar-refractivity contribution < 1.29 is 4.79 Å². The number of aryl methyl sites for hydroxylation is 3. The van der Waals surface area contributed by atoms with Crippen molar-refractivity contribution in [3.63, 3.8) is 0 Å². The molecule has 1 aromatic carbocycles. The van der Waals surface area contributed by atoms with E-state index < -0.39 is 0 Å². The molecule has 0 unspecified atom stereocenters. The smallest absolute Gasteiger partial charge is 0.241 e. The Hall–Kier alpha value is -3.19. The van der Waals surface area contributed by atoms with Gasteiger partial charge in [0.05, 0.1) is 22.1 Å². The van der Waals surface area contributed by atoms with E-state index in [0.29, 0.717) is 23.8 Å². The average molecular weight is 437 g/mol. The lowest BCUT2D eigenvalue weighted by Gasteiger charge is -2.08. The Bertz CT molecular complexity index is 1230. The molecular weight excluding hydrogens is 412 g/mol. The van der Waals surface area contributed by atoms with E-state index in [1.54, 1.807) is 10.9 Å². The molecule has 0 aliphatic rings. The Balaban J connectivity index is 1.42. The molecule has 1 amide bonds. The second-order valence-electron chi connectivity index (χ2n) is 7.58. The molecule has 4 rings (SSSR count). The highest BCUT2D eigenvalue weighted by Gasteiger charge is 2.16. The minimum Gasteiger partial charge on any atom is -0.354 e. The third-order valence-corrected chi connectivity index (χ3v) is 5.90. The number of hydrogen-bond acceptors (Lipinski definition) is 4. The zero-order valence-corrected chi connectivity index (χ0v) is 18.6. The molecule has 0 saturated carbocycles. The minimum atomic E-state index is -0.0947. The van der Waals surface area contributed by atoms with Crippen LogP contribution in [0.3, 0.4) is 0 Å². The first-order valence-electron chi connectivity index (χ1n) is 10.3. The molecular formula is C23H25ClN6O. The van der Waals surface area contributed by atoms with E-state index in [-0.39, 0.29) is 12.5 Å². The first-order chi connectivity index (χ1) is 15.0. The predicted octanol–water partition coefficient (Wildman–Crippen LogP) is 4.08. The van der Waals surface area contributed by atoms with Crippen LogP contribution in [0.2, 0.25) is 5.02 Å². The summed E-state index contributed by atoms with van der Waals surface area (Å²) in [7, 11) is 0. The van der Waals surface area contributed by atoms with Gasteiger partial charge in [0.25, 0.3) is 0 Å². The molecule has 8 heteroatoms. The van der Waals surface area contributed by atoms with E-state index >= 15 is 0 Å². The summed E-state index contributed by atoms with van der Waals surface area (Å²) in [4.78, 5) is 17.0. The fourth-order valence-electron chi connectivity index (χ4n) is 3.79. The molecule has 3 aromatic heterocycles. The SMILES string of the molecule is Cc1nn(CCCNC(=O)Cn2nc(C)c3c(-c4ccccc4)ccnc32)c(C)c1Cl. The van der Waals surface area contributed by atoms with Gasteiger partial charge in [0.1, 0.15) is 6.54 Å². The summed E-state index contributed by atoms with van der Waals surface area (Å²) in [5.41, 5.74) is 5.52. The molecule has 3 heterocycles. The maximum Gasteiger partial charge on any atom is 0.241 e. The number of nitrogens with zero attached hydrogens (tertiary/aromatic N) is 5. The lowest BCUT2D eigenvalue weighted by Crippen LogP contribution is -2.29. The van der Waals surface area contributed by atoms with Crippen LogP contribution in [0.1, 0.15) is 23.5 Å². The highest BCUT2D eigenvalue weighted by Crippen LogP contribution is 2.29. The van der Waals surface area contributed by atoms with Gasteiger partial charge in [0.15, 0.2) is 5.65 Å². The van der Waals surface area contributed by atoms with Crippen molar-refractivity contribution in [1.82, 2.24) is 29.9 Å². The fraction of sp³-hybridized carbons (Fsp3) is 0.304. The minimum absolute atomic E-state index is 0.0947. The van der Waals surface area contributed by atoms with E-state index in [4.69, 9.17) is 11.6 Å². The van der Waals surface area contributed by atoms with E-state index in [1.165, 1.54) is 0 Å². The third-order valence-electron chi connectivity index (χ3n) is 5.35. The highest BCUT2D eigenvalue weighted by atomic mass is 35.5. The number of carbonyl (C=O) groups excluding carboxylic acids is 1. The quantitative estimate of drug-likeness (QED) is 0.443. The van der Waals surface area contributed by atoms with Crippen molar-refractivity contribution in [2.24, 2.45) is 0 Å². The molecule has 0 atom stereocenters. The molecule has 0 aliphatic heterocycles. The Kier molecular flexibility index (Phi) is 6.04. The molecule has 0 saturated heterocycles. The van der Waals surface area contributed by atoms with Crippen LogP contribution in [0.4, 0.5) is 0 Å². The number of nitrogens with one attached hydrogen (secondary N) is 1. The fourth-order valence-corrected chi connectivity index (χ4v) is 3.93. The number of hydrogen-bond donors (Lipinski definition) is 1. The lowest BCUT2D eigenvalue weighted by molar-refractivity contribution is -0.121. The van der Waals surface area contributed by atoms with Crippen molar-refractivity contribution in [2.75, 3.05) is 6.54 Å². The largest absolute Gasteiger partial charge is 0.354 e. The van der Waals surface area contributed by atoms with Gasteiger partial charge in [-0.2, -0.15) is 10.2 Å². The number of rotatable bonds is 7. The lowest BCUT2D eigenvalue weighted by atomic mass is 10.0. The Morgan fingerprint density at radius 1 is 1.03 bits per heavy atom. The van der Waals surface area contributed by atoms with E-state index in [9.17, 15) is 4.79 Å². The molecule has 1 N–H and O–H groups in total. The van der Waals surface area contributed by atoms with Gasteiger partial charge in [-0.05, 0) is 44.4 Å². The van der Waals surface area contributed by atoms with Crippen molar-refractivity contribution in [3.05, 3.63) is 64.7 Å². The van der Waals surface area contributed by atoms with Crippen molar-refractivity contribution in [2.45, 2.75) is 40.3 Å². The van der Waals surface area contributed by atoms with Gasteiger partial charge < -0.3 is 5.32 Å². The Morgan fingerprint density at radius 3 is 2.48 bits per heavy atom. The zero-order valence-electron chi connectivity index (χ0n) is 17.9. The number of amides is 1. The summed E-state index contributed by atoms with van der Waals surface area (Å²) in [6.45, 7) is 7.16. The molecule has 4 aromatic rings. The van der Waals surface area contributed by atoms with E-state index in [2.05, 4.69) is 32.6 Å². The molecule has 7 nitrogen and oxygen atoms in total. The number of carbonyl (C=O) groups is 1. The van der Waals surface area contributed by atoms with E-state index in [1.807, 2.05) is 49.7 Å². The highest BCUT2D eigenvalue weighted by molar-refractivity contribution is 6.31. The first kappa shape index (κ1) is 21.1. The van der Waals surface area contributed by atoms with Crippen LogP contribution in [-0.4, -0.2) is 37.0 Å². The molecule has 0 spiro atoms. The van der Waals surface area contributed by atoms with Gasteiger partial charge in [-0.1, -0.05) is 41.9 Å². The summed E-state index contributed by atoms with van der Waals surface area (Å²) in [6.07, 6.45) is 2.53. The molecule has 0 bridgehead atoms. The van der Waals surface area contributed by atoms with Crippen molar-refractivity contribution >= 4 is 28.5 Å². The van der Waals surface area contributed by atoms with Gasteiger partial charge in [-0.15, -0.1) is 0 Å². The molecule has 160 valence electrons. The first-order valence-corrected chi connectivity index (χ1v) is 10.7. The molecule has 31 heavy (non-hydrogen) atoms. The second-order valence-corrected chi connectivity index (χ2v) is 7.96. The van der Waals surface area contributed by atoms with Crippen LogP contribution in [0.5, 0.6) is 0 Å². The van der Waals surface area contributed by atoms with Crippen LogP contribution in [-0.2, 0) is 17.9 Å². The maximum atomic E-state index is 12.5. The van der Waals surface area contributed by atoms with Gasteiger partial charge in [-0.25, -0.2) is 9.67 Å². The average Bonchev–Trinajstić information content (AvgIpc) is 3.22. The van der Waals surface area contributed by atoms with Crippen LogP contribution < -0.4 is 5.32 Å². The number of halogens is 1. The number of aromatic nitrogens is 5. The predicted molar refractivity (Wildman–Crippen MR) is 122 cm³/mol. The number of benzene rings is 1. The van der Waals surface area contributed by atoms with Gasteiger partial charge in [0, 0.05) is 24.7 Å².